The molecule has 8 rings (SSSR count). The monoisotopic (exact) mass is 980 g/mol. The molecule has 2 aromatic heterocycles. The molecule has 2 aliphatic carbocycles. The second-order valence-electron chi connectivity index (χ2n) is 19.5. The van der Waals surface area contributed by atoms with Crippen LogP contribution in [0.5, 0.6) is 17.4 Å². The van der Waals surface area contributed by atoms with E-state index >= 15 is 0 Å². The van der Waals surface area contributed by atoms with Crippen LogP contribution in [0.15, 0.2) is 89.6 Å². The van der Waals surface area contributed by atoms with Crippen molar-refractivity contribution in [1.29, 1.82) is 0 Å². The number of fused-ring (bicyclic) bond motifs is 1. The maximum absolute atomic E-state index is 14.1. The second-order valence-corrected chi connectivity index (χ2v) is 27.7. The Bertz CT molecular complexity index is 2740. The first kappa shape index (κ1) is 47.9. The van der Waals surface area contributed by atoms with Crippen molar-refractivity contribution in [2.24, 2.45) is 11.3 Å². The first-order valence-corrected chi connectivity index (χ1v) is 28.2. The van der Waals surface area contributed by atoms with Crippen LogP contribution in [0.2, 0.25) is 35.7 Å². The summed E-state index contributed by atoms with van der Waals surface area (Å²) in [5.41, 5.74) is 5.84. The fourth-order valence-electron chi connectivity index (χ4n) is 8.32. The Kier molecular flexibility index (Phi) is 13.9. The summed E-state index contributed by atoms with van der Waals surface area (Å²) in [6.07, 6.45) is 5.51. The van der Waals surface area contributed by atoms with E-state index < -0.39 is 40.7 Å². The molecule has 1 aliphatic heterocycles. The van der Waals surface area contributed by atoms with E-state index in [2.05, 4.69) is 70.2 Å². The molecule has 1 amide bonds. The number of amides is 1. The quantitative estimate of drug-likeness (QED) is 0.0710. The second kappa shape index (κ2) is 19.2. The molecular weight excluding hydrogens is 926 g/mol. The minimum absolute atomic E-state index is 0.0358. The molecule has 0 spiro atoms. The lowest BCUT2D eigenvalue weighted by atomic mass is 9.72. The predicted octanol–water partition coefficient (Wildman–Crippen LogP) is 10.8. The molecule has 3 heterocycles. The van der Waals surface area contributed by atoms with E-state index in [4.69, 9.17) is 37.4 Å². The number of nitrogens with one attached hydrogen (secondary N) is 1. The normalized spacial score (nSPS) is 18.7. The zero-order valence-corrected chi connectivity index (χ0v) is 41.2. The molecule has 66 heavy (non-hydrogen) atoms. The van der Waals surface area contributed by atoms with Crippen molar-refractivity contribution in [2.75, 3.05) is 50.8 Å². The maximum atomic E-state index is 14.1. The third-order valence-electron chi connectivity index (χ3n) is 12.5. The van der Waals surface area contributed by atoms with Crippen molar-refractivity contribution in [3.63, 3.8) is 0 Å². The van der Waals surface area contributed by atoms with Crippen LogP contribution in [0.1, 0.15) is 55.5 Å². The Hall–Kier alpha value is -4.58. The number of hydrogen-bond donors (Lipinski definition) is 1. The van der Waals surface area contributed by atoms with Gasteiger partial charge < -0.3 is 19.1 Å². The van der Waals surface area contributed by atoms with Gasteiger partial charge in [-0.2, -0.15) is 5.10 Å². The van der Waals surface area contributed by atoms with Crippen LogP contribution >= 0.6 is 23.2 Å². The Morgan fingerprint density at radius 2 is 1.71 bits per heavy atom. The number of rotatable bonds is 17. The maximum Gasteiger partial charge on any atom is 0.268 e. The molecule has 3 aliphatic rings. The number of pyridine rings is 1. The number of allylic oxidation sites excluding steroid dienone is 1. The van der Waals surface area contributed by atoms with E-state index in [-0.39, 0.29) is 47.4 Å². The average Bonchev–Trinajstić information content (AvgIpc) is 3.66. The Labute approximate surface area is 396 Å². The number of aromatic nitrogens is 3. The number of alkyl halides is 2. The molecule has 0 bridgehead atoms. The lowest BCUT2D eigenvalue weighted by Gasteiger charge is -2.39. The third kappa shape index (κ3) is 11.6. The van der Waals surface area contributed by atoms with Crippen molar-refractivity contribution in [3.8, 4) is 17.4 Å². The van der Waals surface area contributed by atoms with E-state index in [9.17, 15) is 22.0 Å². The van der Waals surface area contributed by atoms with Gasteiger partial charge in [-0.15, -0.1) is 0 Å². The molecular formula is C48H56Cl2F2N6O6SSi. The number of ether oxygens (including phenoxy) is 3. The van der Waals surface area contributed by atoms with Gasteiger partial charge in [-0.3, -0.25) is 9.69 Å². The number of carbonyl (C=O) groups excluding carboxylic acids is 1. The number of hydrogen-bond acceptors (Lipinski definition) is 10. The summed E-state index contributed by atoms with van der Waals surface area (Å²) >= 11 is 12.5. The number of nitrogens with zero attached hydrogens (tertiary/aromatic N) is 5. The van der Waals surface area contributed by atoms with E-state index in [0.717, 1.165) is 73.4 Å². The minimum atomic E-state index is -4.53. The standard InChI is InChI=1S/C48H56Cl2F2N6O6SSi/c1-47(2)16-15-33(39(26-47)32-9-11-35(49)12-10-32)29-56-17-19-57(20-18-56)36-13-14-38(45(59)55-65(60,61)37-24-41(50)46(53-27-37)63-30-34-25-48(34,51)52)44(23-36)64-43-8-6-7-42-40(43)28-54-58(42)31-62-21-22-66(3,4)5/h6-14,23-24,27-28,34H,15-22,25-26,29-31H2,1-5H3,(H,55,59). The van der Waals surface area contributed by atoms with E-state index in [1.807, 2.05) is 24.3 Å². The molecule has 5 aromatic rings. The lowest BCUT2D eigenvalue weighted by molar-refractivity contribution is 0.0817. The minimum Gasteiger partial charge on any atom is -0.476 e. The zero-order valence-electron chi connectivity index (χ0n) is 37.9. The number of benzene rings is 3. The van der Waals surface area contributed by atoms with Gasteiger partial charge >= 0.3 is 0 Å². The highest BCUT2D eigenvalue weighted by Crippen LogP contribution is 2.49. The van der Waals surface area contributed by atoms with E-state index in [1.165, 1.54) is 16.7 Å². The fourth-order valence-corrected chi connectivity index (χ4v) is 10.4. The van der Waals surface area contributed by atoms with Gasteiger partial charge in [-0.1, -0.05) is 80.5 Å². The van der Waals surface area contributed by atoms with Gasteiger partial charge in [0.2, 0.25) is 5.88 Å². The molecule has 1 saturated carbocycles. The molecule has 2 fully saturated rings. The van der Waals surface area contributed by atoms with Gasteiger partial charge in [0.1, 0.15) is 28.1 Å². The number of carbonyl (C=O) groups is 1. The van der Waals surface area contributed by atoms with Gasteiger partial charge in [0.25, 0.3) is 21.9 Å². The van der Waals surface area contributed by atoms with Crippen LogP contribution in [-0.2, 0) is 21.5 Å². The summed E-state index contributed by atoms with van der Waals surface area (Å²) in [5, 5.41) is 5.76. The summed E-state index contributed by atoms with van der Waals surface area (Å²) in [4.78, 5) is 22.3. The van der Waals surface area contributed by atoms with Crippen LogP contribution in [0.3, 0.4) is 0 Å². The third-order valence-corrected chi connectivity index (χ3v) is 16.0. The van der Waals surface area contributed by atoms with Gasteiger partial charge in [-0.05, 0) is 84.3 Å². The molecule has 1 atom stereocenters. The molecule has 352 valence electrons. The highest BCUT2D eigenvalue weighted by Gasteiger charge is 2.57. The molecule has 1 saturated heterocycles. The Morgan fingerprint density at radius 1 is 0.970 bits per heavy atom. The van der Waals surface area contributed by atoms with Gasteiger partial charge in [0, 0.05) is 70.6 Å². The van der Waals surface area contributed by atoms with Crippen LogP contribution in [0.4, 0.5) is 14.5 Å². The predicted molar refractivity (Wildman–Crippen MR) is 257 cm³/mol. The van der Waals surface area contributed by atoms with Crippen molar-refractivity contribution in [1.82, 2.24) is 24.4 Å². The summed E-state index contributed by atoms with van der Waals surface area (Å²) < 4.78 is 75.8. The lowest BCUT2D eigenvalue weighted by Crippen LogP contribution is -2.47. The zero-order chi connectivity index (χ0) is 47.0. The van der Waals surface area contributed by atoms with Crippen molar-refractivity contribution in [2.45, 2.75) is 82.8 Å². The largest absolute Gasteiger partial charge is 0.476 e. The number of sulfonamides is 1. The smallest absolute Gasteiger partial charge is 0.268 e. The van der Waals surface area contributed by atoms with Crippen molar-refractivity contribution >= 4 is 69.4 Å². The number of piperazine rings is 1. The van der Waals surface area contributed by atoms with Crippen molar-refractivity contribution in [3.05, 3.63) is 106 Å². The summed E-state index contributed by atoms with van der Waals surface area (Å²) in [6.45, 7) is 16.0. The molecule has 12 nitrogen and oxygen atoms in total. The van der Waals surface area contributed by atoms with Crippen LogP contribution in [0.25, 0.3) is 16.5 Å². The molecule has 3 aromatic carbocycles. The highest BCUT2D eigenvalue weighted by molar-refractivity contribution is 7.90. The summed E-state index contributed by atoms with van der Waals surface area (Å²) in [7, 11) is -5.82. The van der Waals surface area contributed by atoms with Gasteiger partial charge in [0.05, 0.1) is 41.4 Å². The van der Waals surface area contributed by atoms with Crippen molar-refractivity contribution < 1.29 is 36.2 Å². The molecule has 0 radical (unpaired) electrons. The molecule has 1 N–H and O–H groups in total. The molecule has 18 heteroatoms. The number of halogens is 4. The SMILES string of the molecule is CC1(C)CCC(CN2CCN(c3ccc(C(=O)NS(=O)(=O)c4cnc(OCC5CC5(F)F)c(Cl)c4)c(Oc4cccc5c4cnn5COCC[Si](C)(C)C)c3)CC2)=C(c2ccc(Cl)cc2)C1. The summed E-state index contributed by atoms with van der Waals surface area (Å²) in [5.74, 6) is -4.36. The van der Waals surface area contributed by atoms with E-state index in [0.29, 0.717) is 30.8 Å². The number of anilines is 1. The first-order chi connectivity index (χ1) is 31.2. The highest BCUT2D eigenvalue weighted by atomic mass is 35.5. The van der Waals surface area contributed by atoms with Crippen LogP contribution < -0.4 is 19.1 Å². The Balaban J connectivity index is 1.02. The summed E-state index contributed by atoms with van der Waals surface area (Å²) in [6, 6.07) is 20.9. The average molecular weight is 982 g/mol. The van der Waals surface area contributed by atoms with Crippen LogP contribution in [0, 0.1) is 11.3 Å². The van der Waals surface area contributed by atoms with Crippen LogP contribution in [-0.4, -0.2) is 93.9 Å². The Morgan fingerprint density at radius 3 is 2.41 bits per heavy atom. The molecule has 1 unspecified atom stereocenters. The topological polar surface area (TPSA) is 128 Å². The fraction of sp³-hybridized carbons (Fsp3) is 0.438. The van der Waals surface area contributed by atoms with Gasteiger partial charge in [-0.25, -0.2) is 31.6 Å². The van der Waals surface area contributed by atoms with Gasteiger partial charge in [0.15, 0.2) is 0 Å². The first-order valence-electron chi connectivity index (χ1n) is 22.3. The van der Waals surface area contributed by atoms with E-state index in [1.54, 1.807) is 35.1 Å².